The van der Waals surface area contributed by atoms with E-state index in [4.69, 9.17) is 0 Å². The van der Waals surface area contributed by atoms with E-state index in [0.29, 0.717) is 29.5 Å². The van der Waals surface area contributed by atoms with E-state index < -0.39 is 17.6 Å². The van der Waals surface area contributed by atoms with Crippen LogP contribution in [0.5, 0.6) is 0 Å². The maximum atomic E-state index is 13.6. The molecule has 1 N–H and O–H groups in total. The molecule has 0 unspecified atom stereocenters. The third-order valence-electron chi connectivity index (χ3n) is 6.26. The van der Waals surface area contributed by atoms with Gasteiger partial charge in [0, 0.05) is 44.5 Å². The molecular weight excluding hydrogens is 515 g/mol. The number of alkyl halides is 3. The summed E-state index contributed by atoms with van der Waals surface area (Å²) in [7, 11) is 0.892. The van der Waals surface area contributed by atoms with Gasteiger partial charge in [-0.25, -0.2) is 9.67 Å². The largest absolute Gasteiger partial charge is 0.471 e. The number of aromatic nitrogens is 4. The molecular formula is C25H22F3N9O2. The van der Waals surface area contributed by atoms with Crippen molar-refractivity contribution in [2.75, 3.05) is 43.0 Å². The highest BCUT2D eigenvalue weighted by Crippen LogP contribution is 2.27. The van der Waals surface area contributed by atoms with Crippen LogP contribution in [0.2, 0.25) is 0 Å². The summed E-state index contributed by atoms with van der Waals surface area (Å²) in [4.78, 5) is 32.3. The van der Waals surface area contributed by atoms with Gasteiger partial charge in [-0.1, -0.05) is 5.92 Å². The number of amides is 1. The monoisotopic (exact) mass is 537 g/mol. The Morgan fingerprint density at radius 1 is 1.18 bits per heavy atom. The molecule has 0 spiro atoms. The fourth-order valence-electron chi connectivity index (χ4n) is 4.28. The zero-order chi connectivity index (χ0) is 28.3. The van der Waals surface area contributed by atoms with Crippen LogP contribution >= 0.6 is 0 Å². The molecule has 1 aliphatic rings. The van der Waals surface area contributed by atoms with E-state index in [2.05, 4.69) is 27.2 Å². The Morgan fingerprint density at radius 3 is 2.38 bits per heavy atom. The Hall–Kier alpha value is -4.87. The molecule has 39 heavy (non-hydrogen) atoms. The third-order valence-corrected chi connectivity index (χ3v) is 6.26. The van der Waals surface area contributed by atoms with Gasteiger partial charge < -0.3 is 15.1 Å². The fourth-order valence-corrected chi connectivity index (χ4v) is 4.28. The smallest absolute Gasteiger partial charge is 0.340 e. The number of halogens is 3. The number of nitriles is 2. The van der Waals surface area contributed by atoms with Gasteiger partial charge in [0.2, 0.25) is 5.95 Å². The predicted octanol–water partition coefficient (Wildman–Crippen LogP) is 1.34. The van der Waals surface area contributed by atoms with Crippen molar-refractivity contribution in [2.24, 2.45) is 0 Å². The van der Waals surface area contributed by atoms with Crippen LogP contribution in [0, 0.1) is 34.5 Å². The molecule has 0 radical (unpaired) electrons. The van der Waals surface area contributed by atoms with Crippen molar-refractivity contribution >= 4 is 28.6 Å². The van der Waals surface area contributed by atoms with Crippen LogP contribution in [-0.4, -0.2) is 64.6 Å². The van der Waals surface area contributed by atoms with E-state index in [1.165, 1.54) is 6.20 Å². The molecule has 0 atom stereocenters. The first kappa shape index (κ1) is 27.2. The minimum absolute atomic E-state index is 0.0762. The number of rotatable bonds is 5. The third kappa shape index (κ3) is 5.26. The summed E-state index contributed by atoms with van der Waals surface area (Å²) in [6.45, 7) is 4.42. The molecule has 0 saturated carbocycles. The van der Waals surface area contributed by atoms with Crippen LogP contribution in [0.25, 0.3) is 11.0 Å². The van der Waals surface area contributed by atoms with Gasteiger partial charge in [-0.05, 0) is 19.1 Å². The van der Waals surface area contributed by atoms with Gasteiger partial charge in [-0.15, -0.1) is 5.92 Å². The van der Waals surface area contributed by atoms with Crippen molar-refractivity contribution in [3.8, 4) is 24.0 Å². The number of imidazole rings is 1. The molecule has 0 bridgehead atoms. The van der Waals surface area contributed by atoms with Gasteiger partial charge >= 0.3 is 12.1 Å². The second-order valence-electron chi connectivity index (χ2n) is 8.61. The molecule has 1 amide bonds. The van der Waals surface area contributed by atoms with Crippen molar-refractivity contribution < 1.29 is 18.0 Å². The quantitative estimate of drug-likeness (QED) is 0.482. The van der Waals surface area contributed by atoms with Crippen LogP contribution in [-0.2, 0) is 17.9 Å². The number of piperazine rings is 1. The Balaban J connectivity index is 1.81. The van der Waals surface area contributed by atoms with Gasteiger partial charge in [0.05, 0.1) is 42.6 Å². The van der Waals surface area contributed by atoms with E-state index in [9.17, 15) is 33.3 Å². The molecule has 1 fully saturated rings. The molecule has 1 aromatic carbocycles. The van der Waals surface area contributed by atoms with Gasteiger partial charge in [0.15, 0.2) is 0 Å². The van der Waals surface area contributed by atoms with E-state index in [1.54, 1.807) is 11.5 Å². The molecule has 0 aliphatic carbocycles. The molecule has 3 heterocycles. The molecule has 14 heteroatoms. The average molecular weight is 538 g/mol. The van der Waals surface area contributed by atoms with Gasteiger partial charge in [-0.2, -0.15) is 28.8 Å². The summed E-state index contributed by atoms with van der Waals surface area (Å²) < 4.78 is 41.6. The molecule has 1 aliphatic heterocycles. The van der Waals surface area contributed by atoms with Crippen LogP contribution < -0.4 is 20.7 Å². The number of carbonyl (C=O) groups is 1. The number of anilines is 2. The minimum Gasteiger partial charge on any atom is -0.340 e. The second-order valence-corrected chi connectivity index (χ2v) is 8.61. The zero-order valence-electron chi connectivity index (χ0n) is 21.0. The number of fused-ring (bicyclic) bond motifs is 1. The summed E-state index contributed by atoms with van der Waals surface area (Å²) in [5, 5.41) is 26.9. The van der Waals surface area contributed by atoms with E-state index in [-0.39, 0.29) is 41.0 Å². The second kappa shape index (κ2) is 10.9. The first-order valence-corrected chi connectivity index (χ1v) is 11.7. The lowest BCUT2D eigenvalue weighted by atomic mass is 10.0. The highest BCUT2D eigenvalue weighted by atomic mass is 19.4. The van der Waals surface area contributed by atoms with E-state index in [1.807, 2.05) is 17.0 Å². The summed E-state index contributed by atoms with van der Waals surface area (Å²) in [5.41, 5.74) is -0.510. The number of nitrogens with zero attached hydrogens (tertiary/aromatic N) is 8. The van der Waals surface area contributed by atoms with Crippen LogP contribution in [0.4, 0.5) is 24.8 Å². The number of carbonyl (C=O) groups excluding carboxylic acids is 1. The van der Waals surface area contributed by atoms with Crippen molar-refractivity contribution in [3.63, 3.8) is 0 Å². The van der Waals surface area contributed by atoms with Crippen molar-refractivity contribution in [1.82, 2.24) is 24.6 Å². The number of benzene rings is 1. The van der Waals surface area contributed by atoms with Gasteiger partial charge in [0.1, 0.15) is 11.0 Å². The Kier molecular flexibility index (Phi) is 7.56. The first-order chi connectivity index (χ1) is 18.6. The average Bonchev–Trinajstić information content (AvgIpc) is 3.31. The Labute approximate surface area is 220 Å². The first-order valence-electron chi connectivity index (χ1n) is 11.7. The summed E-state index contributed by atoms with van der Waals surface area (Å²) in [6.07, 6.45) is -3.74. The van der Waals surface area contributed by atoms with Crippen molar-refractivity contribution in [2.45, 2.75) is 26.2 Å². The Bertz CT molecular complexity index is 1610. The number of hydrogen-bond acceptors (Lipinski definition) is 8. The minimum atomic E-state index is -5.14. The fraction of sp³-hybridized carbons (Fsp3) is 0.360. The lowest BCUT2D eigenvalue weighted by molar-refractivity contribution is -0.170. The van der Waals surface area contributed by atoms with Crippen LogP contribution in [0.15, 0.2) is 23.1 Å². The summed E-state index contributed by atoms with van der Waals surface area (Å²) >= 11 is 0. The highest BCUT2D eigenvalue weighted by molar-refractivity contribution is 5.97. The topological polar surface area (TPSA) is 136 Å². The van der Waals surface area contributed by atoms with Gasteiger partial charge in [0.25, 0.3) is 5.56 Å². The normalized spacial score (nSPS) is 13.4. The zero-order valence-corrected chi connectivity index (χ0v) is 21.0. The van der Waals surface area contributed by atoms with Crippen molar-refractivity contribution in [3.05, 3.63) is 45.4 Å². The number of nitrogens with one attached hydrogen (secondary N) is 1. The number of hydrogen-bond donors (Lipinski definition) is 1. The standard InChI is InChI=1S/C25H22F3N9O2/c1-3-4-7-36-21-20(33-24(36)35-8-5-31-6-9-35)14-32-37(22(21)38)15-19-16(12-29)10-18(11-17(19)13-30)34(2)23(39)25(26,27)28/h10-11,14,31H,5-9,15H2,1-2H3. The maximum Gasteiger partial charge on any atom is 0.471 e. The van der Waals surface area contributed by atoms with Crippen LogP contribution in [0.1, 0.15) is 23.6 Å². The Morgan fingerprint density at radius 2 is 1.82 bits per heavy atom. The lowest BCUT2D eigenvalue weighted by Crippen LogP contribution is -2.44. The maximum absolute atomic E-state index is 13.6. The molecule has 2 aromatic heterocycles. The summed E-state index contributed by atoms with van der Waals surface area (Å²) in [6, 6.07) is 5.81. The molecule has 4 rings (SSSR count). The van der Waals surface area contributed by atoms with Crippen LogP contribution in [0.3, 0.4) is 0 Å². The van der Waals surface area contributed by atoms with E-state index in [0.717, 1.165) is 37.0 Å². The molecule has 200 valence electrons. The van der Waals surface area contributed by atoms with Gasteiger partial charge in [-0.3, -0.25) is 14.2 Å². The highest BCUT2D eigenvalue weighted by Gasteiger charge is 2.42. The SMILES string of the molecule is CC#CCn1c(N2CCNCC2)nc2cnn(Cc3c(C#N)cc(N(C)C(=O)C(F)(F)F)cc3C#N)c(=O)c21. The van der Waals surface area contributed by atoms with E-state index >= 15 is 0 Å². The predicted molar refractivity (Wildman–Crippen MR) is 135 cm³/mol. The molecule has 3 aromatic rings. The molecule has 11 nitrogen and oxygen atoms in total. The lowest BCUT2D eigenvalue weighted by Gasteiger charge is -2.28. The molecule has 1 saturated heterocycles. The summed E-state index contributed by atoms with van der Waals surface area (Å²) in [5.74, 6) is 4.18. The van der Waals surface area contributed by atoms with Crippen molar-refractivity contribution in [1.29, 1.82) is 10.5 Å².